The summed E-state index contributed by atoms with van der Waals surface area (Å²) >= 11 is 0. The Morgan fingerprint density at radius 1 is 1.40 bits per heavy atom. The maximum atomic E-state index is 14.3. The molecule has 110 valence electrons. The monoisotopic (exact) mass is 278 g/mol. The third-order valence-electron chi connectivity index (χ3n) is 3.95. The summed E-state index contributed by atoms with van der Waals surface area (Å²) in [4.78, 5) is 2.08. The van der Waals surface area contributed by atoms with Crippen molar-refractivity contribution in [2.24, 2.45) is 0 Å². The molecule has 1 saturated carbocycles. The van der Waals surface area contributed by atoms with Gasteiger partial charge in [0.25, 0.3) is 0 Å². The second-order valence-corrected chi connectivity index (χ2v) is 6.47. The summed E-state index contributed by atoms with van der Waals surface area (Å²) in [5.41, 5.74) is 1.50. The molecule has 0 spiro atoms. The lowest BCUT2D eigenvalue weighted by molar-refractivity contribution is -0.0278. The Balaban J connectivity index is 1.69. The predicted octanol–water partition coefficient (Wildman–Crippen LogP) is 2.69. The van der Waals surface area contributed by atoms with Crippen LogP contribution in [0.3, 0.4) is 0 Å². The van der Waals surface area contributed by atoms with Crippen molar-refractivity contribution in [1.29, 1.82) is 0 Å². The molecule has 1 aromatic carbocycles. The highest BCUT2D eigenvalue weighted by Gasteiger charge is 2.28. The number of ether oxygens (including phenoxy) is 1. The molecule has 1 aliphatic carbocycles. The summed E-state index contributed by atoms with van der Waals surface area (Å²) in [5, 5.41) is 3.41. The van der Waals surface area contributed by atoms with Gasteiger partial charge < -0.3 is 15.0 Å². The number of hydrogen-bond acceptors (Lipinski definition) is 3. The predicted molar refractivity (Wildman–Crippen MR) is 78.5 cm³/mol. The molecule has 0 bridgehead atoms. The van der Waals surface area contributed by atoms with Gasteiger partial charge in [-0.15, -0.1) is 0 Å². The normalized spacial score (nSPS) is 22.1. The summed E-state index contributed by atoms with van der Waals surface area (Å²) in [6, 6.07) is 6.24. The van der Waals surface area contributed by atoms with Crippen molar-refractivity contribution in [1.82, 2.24) is 5.32 Å². The van der Waals surface area contributed by atoms with E-state index in [0.717, 1.165) is 25.2 Å². The standard InChI is InChI=1S/C16H23FN2O/c1-16(2)11-19(7-8-20-16)15-6-3-12(9-14(15)17)10-18-13-4-5-13/h3,6,9,13,18H,4-5,7-8,10-11H2,1-2H3. The number of benzene rings is 1. The topological polar surface area (TPSA) is 24.5 Å². The number of hydrogen-bond donors (Lipinski definition) is 1. The van der Waals surface area contributed by atoms with E-state index in [1.165, 1.54) is 12.8 Å². The van der Waals surface area contributed by atoms with Crippen LogP contribution in [0.15, 0.2) is 18.2 Å². The first-order valence-electron chi connectivity index (χ1n) is 7.44. The molecule has 1 N–H and O–H groups in total. The van der Waals surface area contributed by atoms with E-state index in [0.29, 0.717) is 18.3 Å². The first-order valence-corrected chi connectivity index (χ1v) is 7.44. The van der Waals surface area contributed by atoms with Crippen LogP contribution in [-0.4, -0.2) is 31.3 Å². The van der Waals surface area contributed by atoms with Crippen molar-refractivity contribution in [2.45, 2.75) is 44.9 Å². The highest BCUT2D eigenvalue weighted by molar-refractivity contribution is 5.50. The highest BCUT2D eigenvalue weighted by Crippen LogP contribution is 2.26. The van der Waals surface area contributed by atoms with Crippen LogP contribution >= 0.6 is 0 Å². The van der Waals surface area contributed by atoms with E-state index in [4.69, 9.17) is 4.74 Å². The second kappa shape index (κ2) is 5.34. The Morgan fingerprint density at radius 2 is 2.20 bits per heavy atom. The van der Waals surface area contributed by atoms with E-state index in [-0.39, 0.29) is 11.4 Å². The number of halogens is 1. The SMILES string of the molecule is CC1(C)CN(c2ccc(CNC3CC3)cc2F)CCO1. The van der Waals surface area contributed by atoms with Crippen molar-refractivity contribution in [3.8, 4) is 0 Å². The molecule has 3 nitrogen and oxygen atoms in total. The fourth-order valence-corrected chi connectivity index (χ4v) is 2.69. The van der Waals surface area contributed by atoms with Crippen LogP contribution in [0, 0.1) is 5.82 Å². The fraction of sp³-hybridized carbons (Fsp3) is 0.625. The average Bonchev–Trinajstić information content (AvgIpc) is 3.19. The van der Waals surface area contributed by atoms with E-state index >= 15 is 0 Å². The molecule has 0 unspecified atom stereocenters. The molecule has 0 amide bonds. The van der Waals surface area contributed by atoms with Gasteiger partial charge in [-0.25, -0.2) is 4.39 Å². The molecule has 0 atom stereocenters. The number of rotatable bonds is 4. The molecule has 4 heteroatoms. The van der Waals surface area contributed by atoms with Crippen molar-refractivity contribution in [3.63, 3.8) is 0 Å². The number of nitrogens with zero attached hydrogens (tertiary/aromatic N) is 1. The lowest BCUT2D eigenvalue weighted by atomic mass is 10.1. The van der Waals surface area contributed by atoms with Crippen molar-refractivity contribution >= 4 is 5.69 Å². The van der Waals surface area contributed by atoms with Crippen LogP contribution in [0.2, 0.25) is 0 Å². The molecule has 1 aliphatic heterocycles. The Hall–Kier alpha value is -1.13. The summed E-state index contributed by atoms with van der Waals surface area (Å²) in [6.45, 7) is 6.98. The largest absolute Gasteiger partial charge is 0.372 e. The minimum Gasteiger partial charge on any atom is -0.372 e. The molecule has 2 aliphatic rings. The van der Waals surface area contributed by atoms with Gasteiger partial charge in [-0.3, -0.25) is 0 Å². The molecular formula is C16H23FN2O. The third-order valence-corrected chi connectivity index (χ3v) is 3.95. The molecule has 2 fully saturated rings. The minimum atomic E-state index is -0.211. The van der Waals surface area contributed by atoms with Gasteiger partial charge in [-0.2, -0.15) is 0 Å². The first-order chi connectivity index (χ1) is 9.53. The Bertz CT molecular complexity index is 485. The number of nitrogens with one attached hydrogen (secondary N) is 1. The van der Waals surface area contributed by atoms with E-state index in [1.807, 2.05) is 26.0 Å². The molecule has 1 heterocycles. The smallest absolute Gasteiger partial charge is 0.146 e. The molecule has 1 aromatic rings. The minimum absolute atomic E-state index is 0.127. The van der Waals surface area contributed by atoms with Gasteiger partial charge in [-0.05, 0) is 44.4 Å². The summed E-state index contributed by atoms with van der Waals surface area (Å²) < 4.78 is 20.0. The van der Waals surface area contributed by atoms with E-state index < -0.39 is 0 Å². The molecule has 3 rings (SSSR count). The maximum absolute atomic E-state index is 14.3. The Morgan fingerprint density at radius 3 is 2.85 bits per heavy atom. The van der Waals surface area contributed by atoms with Gasteiger partial charge in [0.2, 0.25) is 0 Å². The van der Waals surface area contributed by atoms with Gasteiger partial charge >= 0.3 is 0 Å². The van der Waals surface area contributed by atoms with Crippen LogP contribution in [-0.2, 0) is 11.3 Å². The molecular weight excluding hydrogens is 255 g/mol. The van der Waals surface area contributed by atoms with Crippen molar-refractivity contribution < 1.29 is 9.13 Å². The van der Waals surface area contributed by atoms with Gasteiger partial charge in [0.05, 0.1) is 17.9 Å². The van der Waals surface area contributed by atoms with Crippen LogP contribution in [0.1, 0.15) is 32.3 Å². The van der Waals surface area contributed by atoms with Gasteiger partial charge in [0, 0.05) is 25.7 Å². The quantitative estimate of drug-likeness (QED) is 0.916. The summed E-state index contributed by atoms with van der Waals surface area (Å²) in [7, 11) is 0. The average molecular weight is 278 g/mol. The van der Waals surface area contributed by atoms with E-state index in [1.54, 1.807) is 6.07 Å². The van der Waals surface area contributed by atoms with Crippen LogP contribution in [0.4, 0.5) is 10.1 Å². The Kier molecular flexibility index (Phi) is 3.69. The maximum Gasteiger partial charge on any atom is 0.146 e. The van der Waals surface area contributed by atoms with Crippen LogP contribution < -0.4 is 10.2 Å². The lowest BCUT2D eigenvalue weighted by Gasteiger charge is -2.39. The number of morpholine rings is 1. The second-order valence-electron chi connectivity index (χ2n) is 6.47. The zero-order valence-electron chi connectivity index (χ0n) is 12.3. The number of anilines is 1. The van der Waals surface area contributed by atoms with Crippen LogP contribution in [0.25, 0.3) is 0 Å². The van der Waals surface area contributed by atoms with Gasteiger partial charge in [0.15, 0.2) is 0 Å². The van der Waals surface area contributed by atoms with E-state index in [9.17, 15) is 4.39 Å². The zero-order chi connectivity index (χ0) is 14.2. The van der Waals surface area contributed by atoms with Crippen molar-refractivity contribution in [2.75, 3.05) is 24.6 Å². The highest BCUT2D eigenvalue weighted by atomic mass is 19.1. The third kappa shape index (κ3) is 3.30. The first kappa shape index (κ1) is 13.8. The van der Waals surface area contributed by atoms with Gasteiger partial charge in [-0.1, -0.05) is 6.07 Å². The summed E-state index contributed by atoms with van der Waals surface area (Å²) in [6.07, 6.45) is 2.51. The van der Waals surface area contributed by atoms with Crippen LogP contribution in [0.5, 0.6) is 0 Å². The lowest BCUT2D eigenvalue weighted by Crippen LogP contribution is -2.48. The molecule has 20 heavy (non-hydrogen) atoms. The Labute approximate surface area is 120 Å². The van der Waals surface area contributed by atoms with Crippen molar-refractivity contribution in [3.05, 3.63) is 29.6 Å². The van der Waals surface area contributed by atoms with E-state index in [2.05, 4.69) is 10.2 Å². The molecule has 0 aromatic heterocycles. The molecule has 1 saturated heterocycles. The van der Waals surface area contributed by atoms with Gasteiger partial charge in [0.1, 0.15) is 5.82 Å². The fourth-order valence-electron chi connectivity index (χ4n) is 2.69. The molecule has 0 radical (unpaired) electrons. The summed E-state index contributed by atoms with van der Waals surface area (Å²) in [5.74, 6) is -0.127. The zero-order valence-corrected chi connectivity index (χ0v) is 12.3.